The quantitative estimate of drug-likeness (QED) is 0.387. The summed E-state index contributed by atoms with van der Waals surface area (Å²) in [5.41, 5.74) is 2.49. The van der Waals surface area contributed by atoms with Crippen molar-refractivity contribution >= 4 is 47.0 Å². The van der Waals surface area contributed by atoms with Gasteiger partial charge < -0.3 is 15.2 Å². The summed E-state index contributed by atoms with van der Waals surface area (Å²) in [5.74, 6) is -3.24. The number of thiocarbonyl (C=S) groups is 1. The second-order valence-corrected chi connectivity index (χ2v) is 6.70. The summed E-state index contributed by atoms with van der Waals surface area (Å²) >= 11 is 5.16. The van der Waals surface area contributed by atoms with Crippen molar-refractivity contribution in [2.45, 2.75) is 13.5 Å². The number of amides is 2. The Labute approximate surface area is 166 Å². The first-order valence-corrected chi connectivity index (χ1v) is 8.90. The minimum Gasteiger partial charge on any atom is -0.545 e. The Bertz CT molecular complexity index is 968. The number of aromatic carboxylic acids is 1. The lowest BCUT2D eigenvalue weighted by Crippen LogP contribution is -2.71. The third-order valence-corrected chi connectivity index (χ3v) is 4.56. The number of hydrogen-bond acceptors (Lipinski definition) is 5. The average Bonchev–Trinajstić information content (AvgIpc) is 2.66. The summed E-state index contributed by atoms with van der Waals surface area (Å²) in [6, 6.07) is 13.4. The van der Waals surface area contributed by atoms with Gasteiger partial charge in [-0.15, -0.1) is 0 Å². The molecule has 0 bridgehead atoms. The van der Waals surface area contributed by atoms with Crippen molar-refractivity contribution < 1.29 is 24.5 Å². The van der Waals surface area contributed by atoms with Crippen LogP contribution in [0.25, 0.3) is 0 Å². The van der Waals surface area contributed by atoms with Gasteiger partial charge in [0.05, 0.1) is 11.7 Å². The summed E-state index contributed by atoms with van der Waals surface area (Å²) in [5, 5.41) is 13.4. The maximum atomic E-state index is 12.8. The number of hydrogen-bond donors (Lipinski definition) is 2. The van der Waals surface area contributed by atoms with Gasteiger partial charge >= 0.3 is 0 Å². The molecule has 7 nitrogen and oxygen atoms in total. The number of carboxylic acids is 1. The third-order valence-electron chi connectivity index (χ3n) is 4.27. The number of aryl methyl sites for hydroxylation is 1. The van der Waals surface area contributed by atoms with Crippen LogP contribution in [0.3, 0.4) is 0 Å². The fourth-order valence-electron chi connectivity index (χ4n) is 2.73. The first-order valence-electron chi connectivity index (χ1n) is 8.49. The molecule has 0 spiro atoms. The largest absolute Gasteiger partial charge is 0.545 e. The van der Waals surface area contributed by atoms with E-state index in [0.717, 1.165) is 11.1 Å². The van der Waals surface area contributed by atoms with Gasteiger partial charge in [-0.25, -0.2) is 4.99 Å². The van der Waals surface area contributed by atoms with Crippen molar-refractivity contribution in [2.24, 2.45) is 5.92 Å². The summed E-state index contributed by atoms with van der Waals surface area (Å²) in [6.45, 7) is 2.25. The van der Waals surface area contributed by atoms with Gasteiger partial charge in [-0.05, 0) is 36.8 Å². The van der Waals surface area contributed by atoms with Crippen molar-refractivity contribution in [3.63, 3.8) is 0 Å². The van der Waals surface area contributed by atoms with Crippen molar-refractivity contribution in [3.8, 4) is 0 Å². The van der Waals surface area contributed by atoms with E-state index in [-0.39, 0.29) is 10.7 Å². The van der Waals surface area contributed by atoms with E-state index in [1.165, 1.54) is 23.2 Å². The van der Waals surface area contributed by atoms with E-state index < -0.39 is 23.7 Å². The molecular weight excluding hydrogens is 378 g/mol. The molecule has 142 valence electrons. The highest BCUT2D eigenvalue weighted by molar-refractivity contribution is 7.80. The maximum Gasteiger partial charge on any atom is 0.256 e. The van der Waals surface area contributed by atoms with Gasteiger partial charge in [-0.2, -0.15) is 0 Å². The van der Waals surface area contributed by atoms with Crippen molar-refractivity contribution in [1.29, 1.82) is 0 Å². The highest BCUT2D eigenvalue weighted by atomic mass is 32.1. The number of nitrogens with one attached hydrogen (secondary N) is 2. The van der Waals surface area contributed by atoms with Crippen LogP contribution in [-0.4, -0.2) is 29.1 Å². The third kappa shape index (κ3) is 4.12. The predicted molar refractivity (Wildman–Crippen MR) is 104 cm³/mol. The monoisotopic (exact) mass is 395 g/mol. The van der Waals surface area contributed by atoms with E-state index >= 15 is 0 Å². The minimum atomic E-state index is -1.25. The zero-order chi connectivity index (χ0) is 20.3. The number of carbonyl (C=O) groups is 3. The van der Waals surface area contributed by atoms with Crippen LogP contribution in [0.5, 0.6) is 0 Å². The Kier molecular flexibility index (Phi) is 5.60. The molecular formula is C20H17N3O4S. The van der Waals surface area contributed by atoms with E-state index in [1.54, 1.807) is 24.3 Å². The van der Waals surface area contributed by atoms with Gasteiger partial charge in [0.2, 0.25) is 5.91 Å². The Morgan fingerprint density at radius 1 is 1.18 bits per heavy atom. The first kappa shape index (κ1) is 19.4. The van der Waals surface area contributed by atoms with E-state index in [2.05, 4.69) is 10.3 Å². The van der Waals surface area contributed by atoms with Crippen LogP contribution in [0.1, 0.15) is 21.5 Å². The van der Waals surface area contributed by atoms with Crippen LogP contribution in [0.4, 0.5) is 5.69 Å². The fourth-order valence-corrected chi connectivity index (χ4v) is 3.02. The number of carbonyl (C=O) groups excluding carboxylic acids is 3. The van der Waals surface area contributed by atoms with Crippen molar-refractivity contribution in [3.05, 3.63) is 65.2 Å². The Balaban J connectivity index is 1.74. The van der Waals surface area contributed by atoms with E-state index in [1.807, 2.05) is 19.1 Å². The molecule has 3 rings (SSSR count). The van der Waals surface area contributed by atoms with Crippen molar-refractivity contribution in [2.75, 3.05) is 4.90 Å². The van der Waals surface area contributed by atoms with Gasteiger partial charge in [-0.1, -0.05) is 42.0 Å². The molecule has 0 saturated carbocycles. The molecule has 0 aromatic heterocycles. The Morgan fingerprint density at radius 3 is 2.43 bits per heavy atom. The lowest BCUT2D eigenvalue weighted by Gasteiger charge is -2.30. The second kappa shape index (κ2) is 8.10. The normalized spacial score (nSPS) is 17.1. The van der Waals surface area contributed by atoms with E-state index in [4.69, 9.17) is 12.2 Å². The molecule has 1 fully saturated rings. The van der Waals surface area contributed by atoms with Crippen LogP contribution in [0.15, 0.2) is 48.5 Å². The van der Waals surface area contributed by atoms with Crippen LogP contribution in [-0.2, 0) is 16.1 Å². The number of anilines is 1. The first-order chi connectivity index (χ1) is 13.4. The van der Waals surface area contributed by atoms with Crippen LogP contribution >= 0.6 is 12.2 Å². The topological polar surface area (TPSA) is 104 Å². The average molecular weight is 395 g/mol. The molecule has 2 N–H and O–H groups in total. The maximum absolute atomic E-state index is 12.8. The van der Waals surface area contributed by atoms with Gasteiger partial charge in [0.25, 0.3) is 5.91 Å². The molecule has 1 atom stereocenters. The molecule has 0 aliphatic carbocycles. The zero-order valence-corrected chi connectivity index (χ0v) is 15.8. The van der Waals surface area contributed by atoms with Crippen LogP contribution in [0.2, 0.25) is 0 Å². The predicted octanol–water partition coefficient (Wildman–Crippen LogP) is -0.926. The molecule has 2 aromatic rings. The fraction of sp³-hybridized carbons (Fsp3) is 0.150. The van der Waals surface area contributed by atoms with Gasteiger partial charge in [0.1, 0.15) is 0 Å². The molecule has 2 amide bonds. The standard InChI is InChI=1S/C20H17N3O4S/c1-12-2-8-15(9-3-12)23-18(25)16(17(24)22-20(23)28)11-21-10-13-4-6-14(7-5-13)19(26)27/h2-9,11,16H,10H2,1H3,(H,26,27)(H,22,24,28)/t16-/m0/s1. The summed E-state index contributed by atoms with van der Waals surface area (Å²) < 4.78 is 0. The lowest BCUT2D eigenvalue weighted by atomic mass is 10.1. The molecule has 1 saturated heterocycles. The summed E-state index contributed by atoms with van der Waals surface area (Å²) in [7, 11) is 0. The SMILES string of the molecule is Cc1ccc(N2C(=O)[C@@H](C=[NH+]Cc3ccc(C(=O)[O-])cc3)C(=O)NC2=S)cc1. The smallest absolute Gasteiger partial charge is 0.256 e. The van der Waals surface area contributed by atoms with Gasteiger partial charge in [-0.3, -0.25) is 14.5 Å². The highest BCUT2D eigenvalue weighted by Gasteiger charge is 2.40. The molecule has 1 aliphatic heterocycles. The minimum absolute atomic E-state index is 0.0429. The number of benzene rings is 2. The molecule has 8 heteroatoms. The molecule has 0 radical (unpaired) electrons. The van der Waals surface area contributed by atoms with Crippen LogP contribution < -0.4 is 20.3 Å². The van der Waals surface area contributed by atoms with Crippen LogP contribution in [0, 0.1) is 12.8 Å². The number of nitrogens with zero attached hydrogens (tertiary/aromatic N) is 1. The molecule has 2 aromatic carbocycles. The molecule has 0 unspecified atom stereocenters. The van der Waals surface area contributed by atoms with Crippen molar-refractivity contribution in [1.82, 2.24) is 5.32 Å². The number of carboxylic acid groups (broad SMARTS) is 1. The van der Waals surface area contributed by atoms with E-state index in [0.29, 0.717) is 12.2 Å². The highest BCUT2D eigenvalue weighted by Crippen LogP contribution is 2.20. The number of rotatable bonds is 5. The Morgan fingerprint density at radius 2 is 1.82 bits per heavy atom. The molecule has 1 heterocycles. The molecule has 1 aliphatic rings. The second-order valence-electron chi connectivity index (χ2n) is 6.31. The van der Waals surface area contributed by atoms with E-state index in [9.17, 15) is 19.5 Å². The Hall–Kier alpha value is -3.39. The van der Waals surface area contributed by atoms with Gasteiger partial charge in [0.15, 0.2) is 23.8 Å². The lowest BCUT2D eigenvalue weighted by molar-refractivity contribution is -0.471. The molecule has 28 heavy (non-hydrogen) atoms. The summed E-state index contributed by atoms with van der Waals surface area (Å²) in [4.78, 5) is 40.1. The van der Waals surface area contributed by atoms with Gasteiger partial charge in [0, 0.05) is 5.56 Å². The summed E-state index contributed by atoms with van der Waals surface area (Å²) in [6.07, 6.45) is 1.41. The zero-order valence-electron chi connectivity index (χ0n) is 15.0.